The predicted molar refractivity (Wildman–Crippen MR) is 112 cm³/mol. The fourth-order valence-corrected chi connectivity index (χ4v) is 2.64. The summed E-state index contributed by atoms with van der Waals surface area (Å²) in [4.78, 5) is 12.0. The Morgan fingerprint density at radius 1 is 0.862 bits per heavy atom. The van der Waals surface area contributed by atoms with Crippen molar-refractivity contribution < 1.29 is 9.53 Å². The number of hydrogen-bond donors (Lipinski definition) is 1. The maximum Gasteiger partial charge on any atom is 0.248 e. The van der Waals surface area contributed by atoms with Crippen LogP contribution in [-0.4, -0.2) is 20.7 Å². The molecule has 0 saturated carbocycles. The lowest BCUT2D eigenvalue weighted by molar-refractivity contribution is -0.111. The Morgan fingerprint density at radius 2 is 1.62 bits per heavy atom. The van der Waals surface area contributed by atoms with Gasteiger partial charge in [-0.3, -0.25) is 4.79 Å². The van der Waals surface area contributed by atoms with Gasteiger partial charge < -0.3 is 14.6 Å². The molecule has 1 N–H and O–H groups in total. The molecule has 29 heavy (non-hydrogen) atoms. The van der Waals surface area contributed by atoms with Crippen LogP contribution in [0.4, 0.5) is 5.69 Å². The lowest BCUT2D eigenvalue weighted by Gasteiger charge is -2.07. The molecule has 4 rings (SSSR count). The molecule has 6 heteroatoms. The Morgan fingerprint density at radius 3 is 2.31 bits per heavy atom. The van der Waals surface area contributed by atoms with Gasteiger partial charge in [-0.1, -0.05) is 30.3 Å². The summed E-state index contributed by atoms with van der Waals surface area (Å²) in [5.41, 5.74) is 1.64. The van der Waals surface area contributed by atoms with Crippen molar-refractivity contribution in [2.24, 2.45) is 0 Å². The first kappa shape index (κ1) is 18.2. The Hall–Kier alpha value is -4.19. The molecule has 0 aliphatic rings. The van der Waals surface area contributed by atoms with Crippen molar-refractivity contribution in [3.63, 3.8) is 0 Å². The Kier molecular flexibility index (Phi) is 5.43. The van der Waals surface area contributed by atoms with E-state index >= 15 is 0 Å². The van der Waals surface area contributed by atoms with Crippen molar-refractivity contribution in [3.8, 4) is 17.4 Å². The van der Waals surface area contributed by atoms with Crippen LogP contribution in [0, 0.1) is 0 Å². The van der Waals surface area contributed by atoms with E-state index in [1.807, 2.05) is 65.5 Å². The molecule has 4 aromatic rings. The first-order valence-electron chi connectivity index (χ1n) is 9.05. The lowest BCUT2D eigenvalue weighted by atomic mass is 10.2. The molecule has 142 valence electrons. The summed E-state index contributed by atoms with van der Waals surface area (Å²) in [6, 6.07) is 24.1. The van der Waals surface area contributed by atoms with Gasteiger partial charge in [0, 0.05) is 30.2 Å². The summed E-state index contributed by atoms with van der Waals surface area (Å²) in [7, 11) is 0. The molecule has 2 heterocycles. The minimum absolute atomic E-state index is 0.200. The molecule has 0 radical (unpaired) electrons. The predicted octanol–water partition coefficient (Wildman–Crippen LogP) is 4.71. The van der Waals surface area contributed by atoms with Gasteiger partial charge in [0.25, 0.3) is 0 Å². The fourth-order valence-electron chi connectivity index (χ4n) is 2.64. The first-order valence-corrected chi connectivity index (χ1v) is 9.05. The van der Waals surface area contributed by atoms with Gasteiger partial charge in [-0.05, 0) is 54.1 Å². The quantitative estimate of drug-likeness (QED) is 0.490. The second kappa shape index (κ2) is 8.67. The van der Waals surface area contributed by atoms with Gasteiger partial charge in [-0.2, -0.15) is 0 Å². The number of benzene rings is 2. The van der Waals surface area contributed by atoms with E-state index < -0.39 is 0 Å². The van der Waals surface area contributed by atoms with Crippen molar-refractivity contribution >= 4 is 17.7 Å². The van der Waals surface area contributed by atoms with Crippen molar-refractivity contribution in [1.29, 1.82) is 0 Å². The Balaban J connectivity index is 1.34. The van der Waals surface area contributed by atoms with Gasteiger partial charge in [0.1, 0.15) is 5.75 Å². The third-order valence-electron chi connectivity index (χ3n) is 4.07. The van der Waals surface area contributed by atoms with Gasteiger partial charge in [0.15, 0.2) is 5.82 Å². The highest BCUT2D eigenvalue weighted by atomic mass is 16.5. The van der Waals surface area contributed by atoms with E-state index in [4.69, 9.17) is 4.74 Å². The number of anilines is 1. The highest BCUT2D eigenvalue weighted by molar-refractivity contribution is 6.01. The Labute approximate surface area is 168 Å². The van der Waals surface area contributed by atoms with Gasteiger partial charge in [0.2, 0.25) is 11.8 Å². The largest absolute Gasteiger partial charge is 0.438 e. The molecular weight excluding hydrogens is 364 g/mol. The maximum absolute atomic E-state index is 12.0. The second-order valence-electron chi connectivity index (χ2n) is 6.18. The third-order valence-corrected chi connectivity index (χ3v) is 4.07. The molecule has 6 nitrogen and oxygen atoms in total. The molecule has 0 aliphatic carbocycles. The van der Waals surface area contributed by atoms with Crippen LogP contribution in [0.2, 0.25) is 0 Å². The molecule has 0 unspecified atom stereocenters. The second-order valence-corrected chi connectivity index (χ2v) is 6.18. The molecule has 0 fully saturated rings. The monoisotopic (exact) mass is 382 g/mol. The molecule has 0 saturated heterocycles. The summed E-state index contributed by atoms with van der Waals surface area (Å²) < 4.78 is 7.57. The molecule has 0 bridgehead atoms. The van der Waals surface area contributed by atoms with E-state index in [0.717, 1.165) is 5.56 Å². The molecule has 2 aromatic heterocycles. The number of amides is 1. The summed E-state index contributed by atoms with van der Waals surface area (Å²) in [6.07, 6.45) is 7.06. The van der Waals surface area contributed by atoms with Gasteiger partial charge >= 0.3 is 0 Å². The van der Waals surface area contributed by atoms with Crippen LogP contribution in [0.15, 0.2) is 97.3 Å². The van der Waals surface area contributed by atoms with Crippen molar-refractivity contribution in [2.75, 3.05) is 5.32 Å². The van der Waals surface area contributed by atoms with E-state index in [1.54, 1.807) is 36.4 Å². The Bertz CT molecular complexity index is 1090. The number of nitrogens with zero attached hydrogens (tertiary/aromatic N) is 3. The van der Waals surface area contributed by atoms with E-state index in [9.17, 15) is 4.79 Å². The zero-order valence-electron chi connectivity index (χ0n) is 15.5. The van der Waals surface area contributed by atoms with E-state index in [-0.39, 0.29) is 5.91 Å². The molecule has 0 spiro atoms. The lowest BCUT2D eigenvalue weighted by Crippen LogP contribution is -2.07. The standard InChI is InChI=1S/C23H18N4O2/c28-22(14-8-18-6-2-1-3-7-18)24-19-9-11-20(12-10-19)29-23-15-13-21(25-26-23)27-16-4-5-17-27/h1-17H,(H,24,28)/b14-8+. The number of rotatable bonds is 6. The zero-order chi connectivity index (χ0) is 19.9. The van der Waals surface area contributed by atoms with Crippen molar-refractivity contribution in [3.05, 3.63) is 103 Å². The summed E-state index contributed by atoms with van der Waals surface area (Å²) in [6.45, 7) is 0. The number of carbonyl (C=O) groups is 1. The highest BCUT2D eigenvalue weighted by Crippen LogP contribution is 2.21. The van der Waals surface area contributed by atoms with Gasteiger partial charge in [-0.15, -0.1) is 10.2 Å². The van der Waals surface area contributed by atoms with Gasteiger partial charge in [-0.25, -0.2) is 0 Å². The number of carbonyl (C=O) groups excluding carboxylic acids is 1. The number of nitrogens with one attached hydrogen (secondary N) is 1. The third kappa shape index (κ3) is 4.95. The van der Waals surface area contributed by atoms with Crippen LogP contribution in [0.25, 0.3) is 11.9 Å². The number of ether oxygens (including phenoxy) is 1. The van der Waals surface area contributed by atoms with Crippen molar-refractivity contribution in [1.82, 2.24) is 14.8 Å². The van der Waals surface area contributed by atoms with E-state index in [1.165, 1.54) is 6.08 Å². The van der Waals surface area contributed by atoms with Crippen LogP contribution >= 0.6 is 0 Å². The number of aromatic nitrogens is 3. The van der Waals surface area contributed by atoms with Crippen LogP contribution < -0.4 is 10.1 Å². The maximum atomic E-state index is 12.0. The van der Waals surface area contributed by atoms with Crippen molar-refractivity contribution in [2.45, 2.75) is 0 Å². The normalized spacial score (nSPS) is 10.8. The topological polar surface area (TPSA) is 69.0 Å². The zero-order valence-corrected chi connectivity index (χ0v) is 15.5. The summed E-state index contributed by atoms with van der Waals surface area (Å²) >= 11 is 0. The molecule has 1 amide bonds. The number of hydrogen-bond acceptors (Lipinski definition) is 4. The average molecular weight is 382 g/mol. The molecule has 0 aliphatic heterocycles. The van der Waals surface area contributed by atoms with Crippen LogP contribution in [0.3, 0.4) is 0 Å². The smallest absolute Gasteiger partial charge is 0.248 e. The first-order chi connectivity index (χ1) is 14.3. The summed E-state index contributed by atoms with van der Waals surface area (Å²) in [5, 5.41) is 11.0. The van der Waals surface area contributed by atoms with Crippen LogP contribution in [0.1, 0.15) is 5.56 Å². The van der Waals surface area contributed by atoms with Crippen LogP contribution in [-0.2, 0) is 4.79 Å². The van der Waals surface area contributed by atoms with E-state index in [0.29, 0.717) is 23.1 Å². The minimum Gasteiger partial charge on any atom is -0.438 e. The SMILES string of the molecule is O=C(/C=C/c1ccccc1)Nc1ccc(Oc2ccc(-n3cccc3)nn2)cc1. The average Bonchev–Trinajstić information content (AvgIpc) is 3.30. The van der Waals surface area contributed by atoms with Crippen LogP contribution in [0.5, 0.6) is 11.6 Å². The summed E-state index contributed by atoms with van der Waals surface area (Å²) in [5.74, 6) is 1.51. The van der Waals surface area contributed by atoms with E-state index in [2.05, 4.69) is 15.5 Å². The molecule has 0 atom stereocenters. The minimum atomic E-state index is -0.200. The molecule has 2 aromatic carbocycles. The fraction of sp³-hybridized carbons (Fsp3) is 0. The highest BCUT2D eigenvalue weighted by Gasteiger charge is 2.03. The van der Waals surface area contributed by atoms with Gasteiger partial charge in [0.05, 0.1) is 0 Å². The molecular formula is C23H18N4O2.